The number of para-hydroxylation sites is 2. The molecule has 0 saturated carbocycles. The van der Waals surface area contributed by atoms with Gasteiger partial charge in [0.15, 0.2) is 11.5 Å². The van der Waals surface area contributed by atoms with Crippen LogP contribution in [0.3, 0.4) is 0 Å². The van der Waals surface area contributed by atoms with Gasteiger partial charge in [0.05, 0.1) is 24.1 Å². The van der Waals surface area contributed by atoms with Crippen molar-refractivity contribution in [2.24, 2.45) is 0 Å². The number of nitrogens with zero attached hydrogens (tertiary/aromatic N) is 2. The third kappa shape index (κ3) is 3.50. The summed E-state index contributed by atoms with van der Waals surface area (Å²) in [7, 11) is 3.11. The standard InChI is InChI=1S/C16H20N4O3/c1-9-13(15(21)18-3)14(20-16(17)19-9)10(2)23-12-8-6-5-7-11(12)22-4/h5-8,10H,1-4H3,(H,18,21)(H2,17,19,20). The number of hydrogen-bond acceptors (Lipinski definition) is 6. The van der Waals surface area contributed by atoms with Crippen molar-refractivity contribution in [3.05, 3.63) is 41.2 Å². The van der Waals surface area contributed by atoms with Crippen molar-refractivity contribution in [1.29, 1.82) is 0 Å². The van der Waals surface area contributed by atoms with Crippen LogP contribution in [0.1, 0.15) is 34.8 Å². The zero-order chi connectivity index (χ0) is 17.0. The van der Waals surface area contributed by atoms with Crippen LogP contribution in [-0.4, -0.2) is 30.0 Å². The summed E-state index contributed by atoms with van der Waals surface area (Å²) < 4.78 is 11.2. The first-order valence-electron chi connectivity index (χ1n) is 7.13. The smallest absolute Gasteiger partial charge is 0.254 e. The third-order valence-electron chi connectivity index (χ3n) is 3.35. The molecule has 0 aliphatic carbocycles. The molecule has 1 aromatic heterocycles. The summed E-state index contributed by atoms with van der Waals surface area (Å²) in [5.74, 6) is 0.966. The van der Waals surface area contributed by atoms with E-state index in [9.17, 15) is 4.79 Å². The molecule has 1 amide bonds. The van der Waals surface area contributed by atoms with Gasteiger partial charge in [-0.25, -0.2) is 9.97 Å². The molecule has 23 heavy (non-hydrogen) atoms. The normalized spacial score (nSPS) is 11.7. The molecule has 7 nitrogen and oxygen atoms in total. The van der Waals surface area contributed by atoms with Gasteiger partial charge in [0.2, 0.25) is 5.95 Å². The number of aryl methyl sites for hydroxylation is 1. The van der Waals surface area contributed by atoms with Crippen molar-refractivity contribution in [3.63, 3.8) is 0 Å². The van der Waals surface area contributed by atoms with Crippen LogP contribution < -0.4 is 20.5 Å². The van der Waals surface area contributed by atoms with Gasteiger partial charge in [0.1, 0.15) is 6.10 Å². The first-order chi connectivity index (χ1) is 11.0. The molecule has 1 aromatic carbocycles. The Balaban J connectivity index is 2.42. The van der Waals surface area contributed by atoms with E-state index in [-0.39, 0.29) is 11.9 Å². The highest BCUT2D eigenvalue weighted by atomic mass is 16.5. The van der Waals surface area contributed by atoms with E-state index in [0.717, 1.165) is 0 Å². The van der Waals surface area contributed by atoms with E-state index in [1.54, 1.807) is 40.1 Å². The number of nitrogens with one attached hydrogen (secondary N) is 1. The molecule has 0 bridgehead atoms. The molecule has 1 unspecified atom stereocenters. The minimum Gasteiger partial charge on any atom is -0.493 e. The van der Waals surface area contributed by atoms with Crippen LogP contribution in [0.5, 0.6) is 11.5 Å². The predicted molar refractivity (Wildman–Crippen MR) is 86.6 cm³/mol. The summed E-state index contributed by atoms with van der Waals surface area (Å²) >= 11 is 0. The van der Waals surface area contributed by atoms with Crippen LogP contribution in [0.4, 0.5) is 5.95 Å². The maximum atomic E-state index is 12.1. The maximum Gasteiger partial charge on any atom is 0.254 e. The Morgan fingerprint density at radius 2 is 1.91 bits per heavy atom. The number of anilines is 1. The van der Waals surface area contributed by atoms with Crippen LogP contribution in [0.25, 0.3) is 0 Å². The van der Waals surface area contributed by atoms with Crippen LogP contribution in [-0.2, 0) is 0 Å². The van der Waals surface area contributed by atoms with Gasteiger partial charge in [-0.1, -0.05) is 12.1 Å². The van der Waals surface area contributed by atoms with Crippen molar-refractivity contribution in [3.8, 4) is 11.5 Å². The Morgan fingerprint density at radius 1 is 1.26 bits per heavy atom. The van der Waals surface area contributed by atoms with Crippen LogP contribution >= 0.6 is 0 Å². The molecule has 122 valence electrons. The number of aromatic nitrogens is 2. The fraction of sp³-hybridized carbons (Fsp3) is 0.312. The SMILES string of the molecule is CNC(=O)c1c(C)nc(N)nc1C(C)Oc1ccccc1OC. The fourth-order valence-corrected chi connectivity index (χ4v) is 2.28. The minimum absolute atomic E-state index is 0.0978. The van der Waals surface area contributed by atoms with Crippen LogP contribution in [0.15, 0.2) is 24.3 Å². The first kappa shape index (κ1) is 16.5. The van der Waals surface area contributed by atoms with Gasteiger partial charge in [0.25, 0.3) is 5.91 Å². The zero-order valence-corrected chi connectivity index (χ0v) is 13.6. The number of ether oxygens (including phenoxy) is 2. The quantitative estimate of drug-likeness (QED) is 0.873. The fourth-order valence-electron chi connectivity index (χ4n) is 2.28. The molecular weight excluding hydrogens is 296 g/mol. The molecule has 1 atom stereocenters. The van der Waals surface area contributed by atoms with Gasteiger partial charge >= 0.3 is 0 Å². The van der Waals surface area contributed by atoms with Gasteiger partial charge < -0.3 is 20.5 Å². The lowest BCUT2D eigenvalue weighted by atomic mass is 10.1. The Morgan fingerprint density at radius 3 is 2.52 bits per heavy atom. The van der Waals surface area contributed by atoms with Crippen LogP contribution in [0.2, 0.25) is 0 Å². The van der Waals surface area contributed by atoms with E-state index >= 15 is 0 Å². The average molecular weight is 316 g/mol. The van der Waals surface area contributed by atoms with Crippen molar-refractivity contribution in [2.45, 2.75) is 20.0 Å². The van der Waals surface area contributed by atoms with E-state index in [4.69, 9.17) is 15.2 Å². The lowest BCUT2D eigenvalue weighted by Crippen LogP contribution is -2.25. The summed E-state index contributed by atoms with van der Waals surface area (Å²) in [5, 5.41) is 2.58. The maximum absolute atomic E-state index is 12.1. The number of amides is 1. The number of nitrogens with two attached hydrogens (primary N) is 1. The summed E-state index contributed by atoms with van der Waals surface area (Å²) in [6, 6.07) is 7.26. The van der Waals surface area contributed by atoms with Crippen molar-refractivity contribution in [2.75, 3.05) is 19.9 Å². The summed E-state index contributed by atoms with van der Waals surface area (Å²) in [6.07, 6.45) is -0.511. The molecule has 0 radical (unpaired) electrons. The van der Waals surface area contributed by atoms with Crippen molar-refractivity contribution < 1.29 is 14.3 Å². The van der Waals surface area contributed by atoms with Crippen molar-refractivity contribution >= 4 is 11.9 Å². The van der Waals surface area contributed by atoms with E-state index in [1.165, 1.54) is 0 Å². The molecular formula is C16H20N4O3. The van der Waals surface area contributed by atoms with Crippen LogP contribution in [0, 0.1) is 6.92 Å². The third-order valence-corrected chi connectivity index (χ3v) is 3.35. The molecule has 1 heterocycles. The van der Waals surface area contributed by atoms with E-state index < -0.39 is 6.10 Å². The molecule has 0 aliphatic heterocycles. The van der Waals surface area contributed by atoms with Gasteiger partial charge in [-0.2, -0.15) is 0 Å². The summed E-state index contributed by atoms with van der Waals surface area (Å²) in [6.45, 7) is 3.50. The van der Waals surface area contributed by atoms with Gasteiger partial charge in [-0.05, 0) is 26.0 Å². The number of nitrogen functional groups attached to an aromatic ring is 1. The average Bonchev–Trinajstić information content (AvgIpc) is 2.54. The van der Waals surface area contributed by atoms with E-state index in [2.05, 4.69) is 15.3 Å². The first-order valence-corrected chi connectivity index (χ1v) is 7.13. The monoisotopic (exact) mass is 316 g/mol. The second-order valence-electron chi connectivity index (χ2n) is 4.92. The molecule has 0 fully saturated rings. The summed E-state index contributed by atoms with van der Waals surface area (Å²) in [5.41, 5.74) is 7.02. The number of methoxy groups -OCH3 is 1. The number of carbonyl (C=O) groups excluding carboxylic acids is 1. The molecule has 7 heteroatoms. The van der Waals surface area contributed by atoms with E-state index in [0.29, 0.717) is 28.5 Å². The number of rotatable bonds is 5. The molecule has 3 N–H and O–H groups in total. The Kier molecular flexibility index (Phi) is 5.00. The second-order valence-corrected chi connectivity index (χ2v) is 4.92. The molecule has 0 aliphatic rings. The molecule has 2 rings (SSSR count). The Bertz CT molecular complexity index is 718. The Labute approximate surface area is 134 Å². The highest BCUT2D eigenvalue weighted by Crippen LogP contribution is 2.31. The van der Waals surface area contributed by atoms with Gasteiger partial charge in [-0.3, -0.25) is 4.79 Å². The molecule has 2 aromatic rings. The Hall–Kier alpha value is -2.83. The minimum atomic E-state index is -0.511. The molecule has 0 saturated heterocycles. The second kappa shape index (κ2) is 6.95. The summed E-state index contributed by atoms with van der Waals surface area (Å²) in [4.78, 5) is 20.4. The van der Waals surface area contributed by atoms with E-state index in [1.807, 2.05) is 12.1 Å². The lowest BCUT2D eigenvalue weighted by Gasteiger charge is -2.19. The highest BCUT2D eigenvalue weighted by Gasteiger charge is 2.23. The predicted octanol–water partition coefficient (Wildman–Crippen LogP) is 1.88. The lowest BCUT2D eigenvalue weighted by molar-refractivity contribution is 0.0956. The largest absolute Gasteiger partial charge is 0.493 e. The number of benzene rings is 1. The number of hydrogen-bond donors (Lipinski definition) is 2. The van der Waals surface area contributed by atoms with Crippen molar-refractivity contribution in [1.82, 2.24) is 15.3 Å². The molecule has 0 spiro atoms. The number of carbonyl (C=O) groups is 1. The van der Waals surface area contributed by atoms with Gasteiger partial charge in [-0.15, -0.1) is 0 Å². The van der Waals surface area contributed by atoms with Gasteiger partial charge in [0, 0.05) is 7.05 Å². The highest BCUT2D eigenvalue weighted by molar-refractivity contribution is 5.96. The topological polar surface area (TPSA) is 99.4 Å². The zero-order valence-electron chi connectivity index (χ0n) is 13.6.